The molecule has 19 heavy (non-hydrogen) atoms. The number of carbonyl (C=O) groups is 1. The molecule has 1 amide bonds. The summed E-state index contributed by atoms with van der Waals surface area (Å²) < 4.78 is 0. The fourth-order valence-electron chi connectivity index (χ4n) is 2.66. The van der Waals surface area contributed by atoms with Crippen LogP contribution in [-0.2, 0) is 11.2 Å². The average molecular weight is 256 g/mol. The second kappa shape index (κ2) is 6.94. The van der Waals surface area contributed by atoms with Crippen LogP contribution < -0.4 is 5.32 Å². The zero-order valence-corrected chi connectivity index (χ0v) is 11.2. The first-order valence-corrected chi connectivity index (χ1v) is 7.03. The highest BCUT2D eigenvalue weighted by Crippen LogP contribution is 2.26. The molecule has 100 valence electrons. The van der Waals surface area contributed by atoms with Crippen LogP contribution in [-0.4, -0.2) is 12.5 Å². The molecule has 0 bridgehead atoms. The Balaban J connectivity index is 1.69. The molecule has 3 nitrogen and oxygen atoms in total. The van der Waals surface area contributed by atoms with Gasteiger partial charge in [0.2, 0.25) is 5.91 Å². The lowest BCUT2D eigenvalue weighted by Crippen LogP contribution is -2.27. The minimum Gasteiger partial charge on any atom is -0.356 e. The molecule has 0 unspecified atom stereocenters. The number of amides is 1. The molecule has 3 heteroatoms. The van der Waals surface area contributed by atoms with Crippen molar-refractivity contribution in [3.8, 4) is 6.07 Å². The molecule has 0 spiro atoms. The van der Waals surface area contributed by atoms with Crippen molar-refractivity contribution >= 4 is 5.91 Å². The summed E-state index contributed by atoms with van der Waals surface area (Å²) >= 11 is 0. The summed E-state index contributed by atoms with van der Waals surface area (Å²) in [6, 6.07) is 9.26. The van der Waals surface area contributed by atoms with Crippen LogP contribution in [0.15, 0.2) is 24.3 Å². The normalized spacial score (nSPS) is 15.1. The number of carbonyl (C=O) groups excluding carboxylic acids is 1. The number of hydrogen-bond acceptors (Lipinski definition) is 2. The molecule has 1 aliphatic carbocycles. The standard InChI is InChI=1S/C16H20N2O/c17-12-15-7-5-14(6-8-15)11-16(19)18-10-9-13-3-1-2-4-13/h5-8,13H,1-4,9-11H2,(H,18,19). The SMILES string of the molecule is N#Cc1ccc(CC(=O)NCCC2CCCC2)cc1. The quantitative estimate of drug-likeness (QED) is 0.880. The largest absolute Gasteiger partial charge is 0.356 e. The highest BCUT2D eigenvalue weighted by Gasteiger charge is 2.14. The summed E-state index contributed by atoms with van der Waals surface area (Å²) in [7, 11) is 0. The third-order valence-corrected chi connectivity index (χ3v) is 3.80. The molecule has 0 atom stereocenters. The monoisotopic (exact) mass is 256 g/mol. The van der Waals surface area contributed by atoms with Crippen molar-refractivity contribution in [2.24, 2.45) is 5.92 Å². The van der Waals surface area contributed by atoms with Gasteiger partial charge in [0.25, 0.3) is 0 Å². The molecule has 0 aliphatic heterocycles. The van der Waals surface area contributed by atoms with Crippen LogP contribution in [0.2, 0.25) is 0 Å². The van der Waals surface area contributed by atoms with Crippen LogP contribution in [0.3, 0.4) is 0 Å². The van der Waals surface area contributed by atoms with Gasteiger partial charge in [0.05, 0.1) is 18.1 Å². The molecule has 1 aliphatic rings. The van der Waals surface area contributed by atoms with Crippen LogP contribution >= 0.6 is 0 Å². The van der Waals surface area contributed by atoms with Gasteiger partial charge in [0.15, 0.2) is 0 Å². The van der Waals surface area contributed by atoms with Gasteiger partial charge in [-0.1, -0.05) is 37.8 Å². The van der Waals surface area contributed by atoms with E-state index >= 15 is 0 Å². The number of benzene rings is 1. The number of nitrogens with one attached hydrogen (secondary N) is 1. The van der Waals surface area contributed by atoms with E-state index in [1.54, 1.807) is 12.1 Å². The van der Waals surface area contributed by atoms with E-state index in [0.717, 1.165) is 24.4 Å². The van der Waals surface area contributed by atoms with E-state index in [9.17, 15) is 4.79 Å². The first-order valence-electron chi connectivity index (χ1n) is 7.03. The van der Waals surface area contributed by atoms with Gasteiger partial charge >= 0.3 is 0 Å². The van der Waals surface area contributed by atoms with Crippen molar-refractivity contribution in [3.05, 3.63) is 35.4 Å². The third-order valence-electron chi connectivity index (χ3n) is 3.80. The third kappa shape index (κ3) is 4.40. The first kappa shape index (κ1) is 13.6. The highest BCUT2D eigenvalue weighted by atomic mass is 16.1. The lowest BCUT2D eigenvalue weighted by Gasteiger charge is -2.09. The molecular formula is C16H20N2O. The lowest BCUT2D eigenvalue weighted by molar-refractivity contribution is -0.120. The van der Waals surface area contributed by atoms with E-state index in [1.165, 1.54) is 25.7 Å². The molecule has 0 radical (unpaired) electrons. The van der Waals surface area contributed by atoms with Gasteiger partial charge in [-0.15, -0.1) is 0 Å². The minimum absolute atomic E-state index is 0.0719. The second-order valence-electron chi connectivity index (χ2n) is 5.27. The smallest absolute Gasteiger partial charge is 0.224 e. The Morgan fingerprint density at radius 1 is 1.26 bits per heavy atom. The van der Waals surface area contributed by atoms with Crippen LogP contribution in [0.5, 0.6) is 0 Å². The Hall–Kier alpha value is -1.82. The van der Waals surface area contributed by atoms with Gasteiger partial charge in [-0.3, -0.25) is 4.79 Å². The Labute approximate surface area is 114 Å². The molecule has 0 aromatic heterocycles. The second-order valence-corrected chi connectivity index (χ2v) is 5.27. The summed E-state index contributed by atoms with van der Waals surface area (Å²) in [5.41, 5.74) is 1.59. The Kier molecular flexibility index (Phi) is 4.97. The van der Waals surface area contributed by atoms with Gasteiger partial charge in [0, 0.05) is 6.54 Å². The fraction of sp³-hybridized carbons (Fsp3) is 0.500. The van der Waals surface area contributed by atoms with Gasteiger partial charge in [-0.25, -0.2) is 0 Å². The van der Waals surface area contributed by atoms with Crippen molar-refractivity contribution in [1.82, 2.24) is 5.32 Å². The van der Waals surface area contributed by atoms with Crippen LogP contribution in [0.4, 0.5) is 0 Å². The van der Waals surface area contributed by atoms with Crippen molar-refractivity contribution in [1.29, 1.82) is 5.26 Å². The van der Waals surface area contributed by atoms with Crippen LogP contribution in [0, 0.1) is 17.2 Å². The van der Waals surface area contributed by atoms with Crippen molar-refractivity contribution in [3.63, 3.8) is 0 Å². The molecule has 0 heterocycles. The number of nitrogens with zero attached hydrogens (tertiary/aromatic N) is 1. The molecule has 1 saturated carbocycles. The Morgan fingerprint density at radius 2 is 1.95 bits per heavy atom. The summed E-state index contributed by atoms with van der Waals surface area (Å²) in [6.45, 7) is 0.791. The van der Waals surface area contributed by atoms with E-state index in [1.807, 2.05) is 12.1 Å². The Morgan fingerprint density at radius 3 is 2.58 bits per heavy atom. The van der Waals surface area contributed by atoms with Gasteiger partial charge < -0.3 is 5.32 Å². The lowest BCUT2D eigenvalue weighted by atomic mass is 10.0. The van der Waals surface area contributed by atoms with Gasteiger partial charge in [-0.05, 0) is 30.0 Å². The summed E-state index contributed by atoms with van der Waals surface area (Å²) in [5.74, 6) is 0.887. The number of hydrogen-bond donors (Lipinski definition) is 1. The molecule has 1 aromatic carbocycles. The Bertz CT molecular complexity index is 453. The molecule has 1 N–H and O–H groups in total. The summed E-state index contributed by atoms with van der Waals surface area (Å²) in [6.07, 6.45) is 6.86. The van der Waals surface area contributed by atoms with Crippen LogP contribution in [0.25, 0.3) is 0 Å². The first-order chi connectivity index (χ1) is 9.28. The predicted molar refractivity (Wildman–Crippen MR) is 74.4 cm³/mol. The topological polar surface area (TPSA) is 52.9 Å². The molecule has 1 aromatic rings. The minimum atomic E-state index is 0.0719. The van der Waals surface area contributed by atoms with Gasteiger partial charge in [0.1, 0.15) is 0 Å². The molecular weight excluding hydrogens is 236 g/mol. The van der Waals surface area contributed by atoms with E-state index in [0.29, 0.717) is 12.0 Å². The summed E-state index contributed by atoms with van der Waals surface area (Å²) in [4.78, 5) is 11.8. The van der Waals surface area contributed by atoms with E-state index < -0.39 is 0 Å². The maximum absolute atomic E-state index is 11.8. The van der Waals surface area contributed by atoms with Crippen molar-refractivity contribution in [2.75, 3.05) is 6.54 Å². The predicted octanol–water partition coefficient (Wildman–Crippen LogP) is 2.80. The zero-order valence-electron chi connectivity index (χ0n) is 11.2. The zero-order chi connectivity index (χ0) is 13.5. The molecule has 2 rings (SSSR count). The van der Waals surface area contributed by atoms with Gasteiger partial charge in [-0.2, -0.15) is 5.26 Å². The summed E-state index contributed by atoms with van der Waals surface area (Å²) in [5, 5.41) is 11.7. The fourth-order valence-corrected chi connectivity index (χ4v) is 2.66. The maximum Gasteiger partial charge on any atom is 0.224 e. The average Bonchev–Trinajstić information content (AvgIpc) is 2.93. The molecule has 0 saturated heterocycles. The maximum atomic E-state index is 11.8. The van der Waals surface area contributed by atoms with Crippen molar-refractivity contribution in [2.45, 2.75) is 38.5 Å². The van der Waals surface area contributed by atoms with Crippen LogP contribution in [0.1, 0.15) is 43.2 Å². The van der Waals surface area contributed by atoms with E-state index in [2.05, 4.69) is 11.4 Å². The number of rotatable bonds is 5. The van der Waals surface area contributed by atoms with Crippen molar-refractivity contribution < 1.29 is 4.79 Å². The van der Waals surface area contributed by atoms with E-state index in [-0.39, 0.29) is 5.91 Å². The van der Waals surface area contributed by atoms with E-state index in [4.69, 9.17) is 5.26 Å². The number of nitriles is 1. The molecule has 1 fully saturated rings. The highest BCUT2D eigenvalue weighted by molar-refractivity contribution is 5.78.